The summed E-state index contributed by atoms with van der Waals surface area (Å²) >= 11 is 0. The van der Waals surface area contributed by atoms with E-state index in [4.69, 9.17) is 0 Å². The Kier molecular flexibility index (Phi) is 7.15. The van der Waals surface area contributed by atoms with E-state index in [1.165, 1.54) is 12.1 Å². The van der Waals surface area contributed by atoms with E-state index in [1.807, 2.05) is 29.8 Å². The zero-order chi connectivity index (χ0) is 28.4. The second kappa shape index (κ2) is 10.7. The lowest BCUT2D eigenvalue weighted by Crippen LogP contribution is -2.29. The smallest absolute Gasteiger partial charge is 0.403 e. The molecular weight excluding hydrogens is 534 g/mol. The van der Waals surface area contributed by atoms with Crippen molar-refractivity contribution in [3.63, 3.8) is 0 Å². The van der Waals surface area contributed by atoms with Gasteiger partial charge in [-0.05, 0) is 47.7 Å². The molecule has 10 nitrogen and oxygen atoms in total. The molecule has 5 rings (SSSR count). The van der Waals surface area contributed by atoms with Gasteiger partial charge in [0.25, 0.3) is 11.8 Å². The summed E-state index contributed by atoms with van der Waals surface area (Å²) in [7, 11) is 1.86. The predicted octanol–water partition coefficient (Wildman–Crippen LogP) is 3.66. The second-order valence-corrected chi connectivity index (χ2v) is 9.03. The van der Waals surface area contributed by atoms with Gasteiger partial charge < -0.3 is 19.9 Å². The molecule has 0 saturated carbocycles. The van der Waals surface area contributed by atoms with E-state index < -0.39 is 29.7 Å². The van der Waals surface area contributed by atoms with Crippen LogP contribution in [0.15, 0.2) is 55.1 Å². The summed E-state index contributed by atoms with van der Waals surface area (Å²) in [6, 6.07) is 9.67. The number of ether oxygens (including phenoxy) is 1. The van der Waals surface area contributed by atoms with Gasteiger partial charge in [-0.25, -0.2) is 14.4 Å². The summed E-state index contributed by atoms with van der Waals surface area (Å²) in [4.78, 5) is 33.4. The lowest BCUT2D eigenvalue weighted by Gasteiger charge is -2.14. The molecule has 14 heteroatoms. The largest absolute Gasteiger partial charge is 0.573 e. The number of rotatable bonds is 7. The Hall–Kier alpha value is -4.88. The quantitative estimate of drug-likeness (QED) is 0.334. The number of amides is 2. The number of fused-ring (bicyclic) bond motifs is 1. The van der Waals surface area contributed by atoms with E-state index >= 15 is 0 Å². The van der Waals surface area contributed by atoms with Gasteiger partial charge in [0, 0.05) is 25.2 Å². The Morgan fingerprint density at radius 3 is 2.58 bits per heavy atom. The maximum atomic E-state index is 13.6. The van der Waals surface area contributed by atoms with E-state index in [0.717, 1.165) is 47.4 Å². The van der Waals surface area contributed by atoms with Gasteiger partial charge in [0.1, 0.15) is 24.0 Å². The first-order valence-corrected chi connectivity index (χ1v) is 12.0. The van der Waals surface area contributed by atoms with Gasteiger partial charge in [0.2, 0.25) is 0 Å². The highest BCUT2D eigenvalue weighted by molar-refractivity contribution is 5.97. The Labute approximate surface area is 224 Å². The van der Waals surface area contributed by atoms with Crippen molar-refractivity contribution in [2.45, 2.75) is 31.8 Å². The molecule has 0 saturated heterocycles. The van der Waals surface area contributed by atoms with E-state index in [0.29, 0.717) is 6.42 Å². The van der Waals surface area contributed by atoms with Crippen LogP contribution in [0, 0.1) is 5.82 Å². The lowest BCUT2D eigenvalue weighted by atomic mass is 10.0. The highest BCUT2D eigenvalue weighted by Crippen LogP contribution is 2.34. The van der Waals surface area contributed by atoms with Crippen LogP contribution < -0.4 is 15.4 Å². The molecule has 2 aromatic heterocycles. The molecule has 0 unspecified atom stereocenters. The van der Waals surface area contributed by atoms with Crippen molar-refractivity contribution in [3.05, 3.63) is 89.0 Å². The van der Waals surface area contributed by atoms with E-state index in [-0.39, 0.29) is 29.5 Å². The molecule has 1 aliphatic carbocycles. The van der Waals surface area contributed by atoms with Crippen molar-refractivity contribution in [2.24, 2.45) is 7.05 Å². The summed E-state index contributed by atoms with van der Waals surface area (Å²) in [6.07, 6.45) is -0.954. The number of hydrogen-bond acceptors (Lipinski definition) is 7. The van der Waals surface area contributed by atoms with Crippen molar-refractivity contribution in [3.8, 4) is 17.1 Å². The highest BCUT2D eigenvalue weighted by atomic mass is 19.4. The minimum atomic E-state index is -5.07. The monoisotopic (exact) mass is 555 g/mol. The third-order valence-electron chi connectivity index (χ3n) is 6.30. The number of benzene rings is 2. The first-order valence-electron chi connectivity index (χ1n) is 12.0. The molecule has 2 heterocycles. The van der Waals surface area contributed by atoms with Gasteiger partial charge in [-0.2, -0.15) is 0 Å². The number of carbonyl (C=O) groups excluding carboxylic acids is 2. The molecule has 1 atom stereocenters. The molecular formula is C26H21F4N7O3. The normalized spacial score (nSPS) is 14.5. The predicted molar refractivity (Wildman–Crippen MR) is 131 cm³/mol. The standard InChI is InChI=1S/C26H21F4N7O3/c1-37-13-34-36-23(37)16-3-5-17-15(9-16)4-7-19(17)35-25(39)21-10-20(32-12-33-21)24(38)31-11-14-2-6-18(27)22(8-14)40-26(28,29)30/h2-3,5-6,8-10,12-13,19H,4,7,11H2,1H3,(H,31,38)(H,35,39)/t19-/m0/s1. The zero-order valence-corrected chi connectivity index (χ0v) is 20.9. The SMILES string of the molecule is Cn1cnnc1-c1ccc2c(c1)CC[C@@H]2NC(=O)c1cc(C(=O)NCc2ccc(F)c(OC(F)(F)F)c2)ncn1. The first-order chi connectivity index (χ1) is 19.1. The molecule has 4 aromatic rings. The zero-order valence-electron chi connectivity index (χ0n) is 20.9. The molecule has 2 N–H and O–H groups in total. The summed E-state index contributed by atoms with van der Waals surface area (Å²) < 4.78 is 56.5. The van der Waals surface area contributed by atoms with Crippen LogP contribution in [0.2, 0.25) is 0 Å². The number of alkyl halides is 3. The van der Waals surface area contributed by atoms with Crippen molar-refractivity contribution in [2.75, 3.05) is 0 Å². The number of nitrogens with one attached hydrogen (secondary N) is 2. The van der Waals surface area contributed by atoms with Crippen LogP contribution in [0.1, 0.15) is 50.1 Å². The summed E-state index contributed by atoms with van der Waals surface area (Å²) in [6.45, 7) is -0.242. The average Bonchev–Trinajstić information content (AvgIpc) is 3.53. The summed E-state index contributed by atoms with van der Waals surface area (Å²) in [5, 5.41) is 13.4. The van der Waals surface area contributed by atoms with Gasteiger partial charge in [0.15, 0.2) is 17.4 Å². The lowest BCUT2D eigenvalue weighted by molar-refractivity contribution is -0.275. The number of nitrogens with zero attached hydrogens (tertiary/aromatic N) is 5. The Morgan fingerprint density at radius 1 is 1.07 bits per heavy atom. The van der Waals surface area contributed by atoms with E-state index in [1.54, 1.807) is 6.33 Å². The number of halogens is 4. The number of aromatic nitrogens is 5. The van der Waals surface area contributed by atoms with Crippen LogP contribution in [0.5, 0.6) is 5.75 Å². The molecule has 0 fully saturated rings. The fourth-order valence-corrected chi connectivity index (χ4v) is 4.42. The minimum Gasteiger partial charge on any atom is -0.403 e. The van der Waals surface area contributed by atoms with E-state index in [9.17, 15) is 27.2 Å². The molecule has 0 radical (unpaired) electrons. The maximum absolute atomic E-state index is 13.6. The molecule has 40 heavy (non-hydrogen) atoms. The van der Waals surface area contributed by atoms with Gasteiger partial charge in [-0.1, -0.05) is 18.2 Å². The average molecular weight is 555 g/mol. The maximum Gasteiger partial charge on any atom is 0.573 e. The van der Waals surface area contributed by atoms with Gasteiger partial charge in [0.05, 0.1) is 6.04 Å². The molecule has 2 amide bonds. The summed E-state index contributed by atoms with van der Waals surface area (Å²) in [5.74, 6) is -2.69. The summed E-state index contributed by atoms with van der Waals surface area (Å²) in [5.41, 5.74) is 2.96. The third kappa shape index (κ3) is 5.90. The minimum absolute atomic E-state index is 0.0352. The van der Waals surface area contributed by atoms with E-state index in [2.05, 4.69) is 35.5 Å². The van der Waals surface area contributed by atoms with Gasteiger partial charge in [-0.15, -0.1) is 23.4 Å². The van der Waals surface area contributed by atoms with Crippen LogP contribution in [0.3, 0.4) is 0 Å². The second-order valence-electron chi connectivity index (χ2n) is 9.03. The Balaban J connectivity index is 1.23. The fourth-order valence-electron chi connectivity index (χ4n) is 4.42. The number of hydrogen-bond donors (Lipinski definition) is 2. The molecule has 206 valence electrons. The van der Waals surface area contributed by atoms with Crippen LogP contribution >= 0.6 is 0 Å². The fraction of sp³-hybridized carbons (Fsp3) is 0.231. The topological polar surface area (TPSA) is 124 Å². The first kappa shape index (κ1) is 26.7. The van der Waals surface area contributed by atoms with Crippen LogP contribution in [0.25, 0.3) is 11.4 Å². The molecule has 1 aliphatic rings. The van der Waals surface area contributed by atoms with Crippen molar-refractivity contribution in [1.82, 2.24) is 35.4 Å². The molecule has 0 spiro atoms. The van der Waals surface area contributed by atoms with Crippen LogP contribution in [-0.4, -0.2) is 42.9 Å². The van der Waals surface area contributed by atoms with Crippen LogP contribution in [0.4, 0.5) is 17.6 Å². The van der Waals surface area contributed by atoms with Crippen molar-refractivity contribution >= 4 is 11.8 Å². The Bertz CT molecular complexity index is 1590. The van der Waals surface area contributed by atoms with Gasteiger partial charge >= 0.3 is 6.36 Å². The van der Waals surface area contributed by atoms with Crippen LogP contribution in [-0.2, 0) is 20.0 Å². The van der Waals surface area contributed by atoms with Gasteiger partial charge in [-0.3, -0.25) is 9.59 Å². The molecule has 0 bridgehead atoms. The third-order valence-corrected chi connectivity index (χ3v) is 6.30. The molecule has 2 aromatic carbocycles. The highest BCUT2D eigenvalue weighted by Gasteiger charge is 2.32. The Morgan fingerprint density at radius 2 is 1.85 bits per heavy atom. The number of carbonyl (C=O) groups is 2. The number of aryl methyl sites for hydroxylation is 2. The van der Waals surface area contributed by atoms with Crippen molar-refractivity contribution < 1.29 is 31.9 Å². The van der Waals surface area contributed by atoms with Crippen molar-refractivity contribution in [1.29, 1.82) is 0 Å². The molecule has 0 aliphatic heterocycles.